The Hall–Kier alpha value is -2.30. The highest BCUT2D eigenvalue weighted by atomic mass is 35.5. The maximum atomic E-state index is 14.3. The summed E-state index contributed by atoms with van der Waals surface area (Å²) in [5.74, 6) is 1.08. The number of hydrogen-bond acceptors (Lipinski definition) is 2. The first-order chi connectivity index (χ1) is 15.5. The molecule has 0 saturated heterocycles. The normalized spacial score (nSPS) is 15.5. The van der Waals surface area contributed by atoms with Crippen LogP contribution < -0.4 is 0 Å². The standard InChI is InChI=1S/C26H29Cl2N3O/c1-30-18-16-29-24(30)19-31(17-13-20-5-9-22(27)10-6-20)25(32)26(14-3-2-4-15-26)21-7-11-23(28)12-8-21/h5-12,16,18H,2-4,13-15,17,19H2,1H3. The molecule has 1 fully saturated rings. The van der Waals surface area contributed by atoms with Gasteiger partial charge in [-0.1, -0.05) is 66.7 Å². The minimum atomic E-state index is -0.506. The van der Waals surface area contributed by atoms with Gasteiger partial charge in [-0.15, -0.1) is 0 Å². The number of imidazole rings is 1. The molecule has 0 radical (unpaired) electrons. The van der Waals surface area contributed by atoms with Crippen LogP contribution in [0.15, 0.2) is 60.9 Å². The van der Waals surface area contributed by atoms with E-state index >= 15 is 0 Å². The minimum Gasteiger partial charge on any atom is -0.337 e. The lowest BCUT2D eigenvalue weighted by Gasteiger charge is -2.40. The van der Waals surface area contributed by atoms with Gasteiger partial charge in [-0.25, -0.2) is 4.98 Å². The molecule has 3 aromatic rings. The lowest BCUT2D eigenvalue weighted by Crippen LogP contribution is -2.48. The summed E-state index contributed by atoms with van der Waals surface area (Å²) in [6, 6.07) is 15.7. The highest BCUT2D eigenvalue weighted by Crippen LogP contribution is 2.41. The SMILES string of the molecule is Cn1ccnc1CN(CCc1ccc(Cl)cc1)C(=O)C1(c2ccc(Cl)cc2)CCCCC1. The molecule has 1 aliphatic rings. The number of amides is 1. The van der Waals surface area contributed by atoms with Gasteiger partial charge in [0.05, 0.1) is 12.0 Å². The predicted octanol–water partition coefficient (Wildman–Crippen LogP) is 6.20. The summed E-state index contributed by atoms with van der Waals surface area (Å²) < 4.78 is 1.98. The van der Waals surface area contributed by atoms with Gasteiger partial charge in [0.25, 0.3) is 0 Å². The van der Waals surface area contributed by atoms with Gasteiger partial charge in [0, 0.05) is 36.0 Å². The number of carbonyl (C=O) groups is 1. The van der Waals surface area contributed by atoms with Crippen LogP contribution in [0.4, 0.5) is 0 Å². The first-order valence-electron chi connectivity index (χ1n) is 11.2. The fourth-order valence-electron chi connectivity index (χ4n) is 4.74. The van der Waals surface area contributed by atoms with Crippen LogP contribution in [0.3, 0.4) is 0 Å². The highest BCUT2D eigenvalue weighted by Gasteiger charge is 2.43. The van der Waals surface area contributed by atoms with Crippen molar-refractivity contribution in [2.45, 2.75) is 50.5 Å². The molecule has 1 aliphatic carbocycles. The van der Waals surface area contributed by atoms with E-state index in [1.54, 1.807) is 6.20 Å². The van der Waals surface area contributed by atoms with E-state index in [0.717, 1.165) is 54.1 Å². The van der Waals surface area contributed by atoms with E-state index in [1.165, 1.54) is 6.42 Å². The van der Waals surface area contributed by atoms with Crippen molar-refractivity contribution in [1.82, 2.24) is 14.5 Å². The van der Waals surface area contributed by atoms with Gasteiger partial charge in [0.1, 0.15) is 5.82 Å². The predicted molar refractivity (Wildman–Crippen MR) is 130 cm³/mol. The maximum Gasteiger partial charge on any atom is 0.233 e. The van der Waals surface area contributed by atoms with Crippen LogP contribution in [0.2, 0.25) is 10.0 Å². The molecule has 1 aromatic heterocycles. The third-order valence-corrected chi connectivity index (χ3v) is 7.14. The lowest BCUT2D eigenvalue weighted by atomic mass is 9.68. The number of benzene rings is 2. The second-order valence-corrected chi connectivity index (χ2v) is 9.58. The molecule has 1 saturated carbocycles. The molecule has 0 unspecified atom stereocenters. The van der Waals surface area contributed by atoms with Crippen LogP contribution in [0.25, 0.3) is 0 Å². The van der Waals surface area contributed by atoms with E-state index in [-0.39, 0.29) is 5.91 Å². The van der Waals surface area contributed by atoms with Crippen LogP contribution in [0.5, 0.6) is 0 Å². The van der Waals surface area contributed by atoms with Crippen LogP contribution in [-0.2, 0) is 30.2 Å². The Labute approximate surface area is 200 Å². The van der Waals surface area contributed by atoms with E-state index in [4.69, 9.17) is 23.2 Å². The number of aromatic nitrogens is 2. The van der Waals surface area contributed by atoms with Crippen LogP contribution in [0, 0.1) is 0 Å². The Morgan fingerprint density at radius 3 is 2.22 bits per heavy atom. The van der Waals surface area contributed by atoms with Crippen molar-refractivity contribution in [3.05, 3.63) is 87.9 Å². The fraction of sp³-hybridized carbons (Fsp3) is 0.385. The van der Waals surface area contributed by atoms with Crippen molar-refractivity contribution in [1.29, 1.82) is 0 Å². The van der Waals surface area contributed by atoms with Gasteiger partial charge >= 0.3 is 0 Å². The van der Waals surface area contributed by atoms with E-state index < -0.39 is 5.41 Å². The zero-order chi connectivity index (χ0) is 22.6. The second kappa shape index (κ2) is 10.1. The zero-order valence-corrected chi connectivity index (χ0v) is 19.9. The molecule has 0 spiro atoms. The Kier molecular flexibility index (Phi) is 7.22. The van der Waals surface area contributed by atoms with Crippen molar-refractivity contribution < 1.29 is 4.79 Å². The minimum absolute atomic E-state index is 0.191. The van der Waals surface area contributed by atoms with Crippen LogP contribution >= 0.6 is 23.2 Å². The molecule has 168 valence electrons. The monoisotopic (exact) mass is 469 g/mol. The number of aryl methyl sites for hydroxylation is 1. The molecule has 1 amide bonds. The summed E-state index contributed by atoms with van der Waals surface area (Å²) in [6.45, 7) is 1.12. The molecule has 6 heteroatoms. The van der Waals surface area contributed by atoms with E-state index in [2.05, 4.69) is 4.98 Å². The molecule has 4 nitrogen and oxygen atoms in total. The molecule has 2 aromatic carbocycles. The van der Waals surface area contributed by atoms with Crippen molar-refractivity contribution in [2.75, 3.05) is 6.54 Å². The van der Waals surface area contributed by atoms with Gasteiger partial charge in [0.15, 0.2) is 0 Å². The molecule has 0 bridgehead atoms. The average Bonchev–Trinajstić information content (AvgIpc) is 3.22. The summed E-state index contributed by atoms with van der Waals surface area (Å²) in [7, 11) is 1.97. The number of halogens is 2. The number of carbonyl (C=O) groups excluding carboxylic acids is 1. The highest BCUT2D eigenvalue weighted by molar-refractivity contribution is 6.30. The quantitative estimate of drug-likeness (QED) is 0.412. The molecule has 1 heterocycles. The smallest absolute Gasteiger partial charge is 0.233 e. The second-order valence-electron chi connectivity index (χ2n) is 8.71. The number of hydrogen-bond donors (Lipinski definition) is 0. The number of nitrogens with zero attached hydrogens (tertiary/aromatic N) is 3. The summed E-state index contributed by atoms with van der Waals surface area (Å²) in [6.07, 6.45) is 9.50. The van der Waals surface area contributed by atoms with Crippen molar-refractivity contribution in [3.8, 4) is 0 Å². The average molecular weight is 470 g/mol. The third-order valence-electron chi connectivity index (χ3n) is 6.64. The largest absolute Gasteiger partial charge is 0.337 e. The summed E-state index contributed by atoms with van der Waals surface area (Å²) in [5.41, 5.74) is 1.73. The summed E-state index contributed by atoms with van der Waals surface area (Å²) in [5, 5.41) is 1.42. The van der Waals surface area contributed by atoms with E-state index in [9.17, 15) is 4.79 Å². The Morgan fingerprint density at radius 1 is 1.00 bits per heavy atom. The Morgan fingerprint density at radius 2 is 1.62 bits per heavy atom. The van der Waals surface area contributed by atoms with Gasteiger partial charge in [-0.3, -0.25) is 4.79 Å². The number of rotatable bonds is 7. The summed E-state index contributed by atoms with van der Waals surface area (Å²) >= 11 is 12.2. The molecule has 0 aliphatic heterocycles. The van der Waals surface area contributed by atoms with Gasteiger partial charge < -0.3 is 9.47 Å². The zero-order valence-electron chi connectivity index (χ0n) is 18.4. The first kappa shape index (κ1) is 22.9. The van der Waals surface area contributed by atoms with Crippen LogP contribution in [-0.4, -0.2) is 26.9 Å². The lowest BCUT2D eigenvalue weighted by molar-refractivity contribution is -0.139. The van der Waals surface area contributed by atoms with Gasteiger partial charge in [-0.2, -0.15) is 0 Å². The van der Waals surface area contributed by atoms with Crippen LogP contribution in [0.1, 0.15) is 49.1 Å². The van der Waals surface area contributed by atoms with Crippen molar-refractivity contribution in [2.24, 2.45) is 7.05 Å². The van der Waals surface area contributed by atoms with Gasteiger partial charge in [-0.05, 0) is 54.7 Å². The molecular weight excluding hydrogens is 441 g/mol. The molecule has 0 N–H and O–H groups in total. The Bertz CT molecular complexity index is 1040. The fourth-order valence-corrected chi connectivity index (χ4v) is 4.99. The molecule has 4 rings (SSSR count). The molecule has 0 atom stereocenters. The first-order valence-corrected chi connectivity index (χ1v) is 12.0. The van der Waals surface area contributed by atoms with E-state index in [1.807, 2.05) is 71.2 Å². The third kappa shape index (κ3) is 5.02. The molecule has 32 heavy (non-hydrogen) atoms. The summed E-state index contributed by atoms with van der Waals surface area (Å²) in [4.78, 5) is 20.7. The van der Waals surface area contributed by atoms with E-state index in [0.29, 0.717) is 18.1 Å². The molecular formula is C26H29Cl2N3O. The van der Waals surface area contributed by atoms with Crippen molar-refractivity contribution in [3.63, 3.8) is 0 Å². The maximum absolute atomic E-state index is 14.3. The Balaban J connectivity index is 1.65. The van der Waals surface area contributed by atoms with Crippen molar-refractivity contribution >= 4 is 29.1 Å². The van der Waals surface area contributed by atoms with Gasteiger partial charge in [0.2, 0.25) is 5.91 Å². The topological polar surface area (TPSA) is 38.1 Å².